The highest BCUT2D eigenvalue weighted by Crippen LogP contribution is 2.34. The maximum absolute atomic E-state index is 12.0. The number of nitrogens with zero attached hydrogens (tertiary/aromatic N) is 2. The molecule has 0 radical (unpaired) electrons. The van der Waals surface area contributed by atoms with Crippen molar-refractivity contribution in [1.29, 1.82) is 0 Å². The average molecular weight is 316 g/mol. The predicted molar refractivity (Wildman–Crippen MR) is 66.0 cm³/mol. The van der Waals surface area contributed by atoms with Crippen molar-refractivity contribution in [2.24, 2.45) is 5.29 Å². The van der Waals surface area contributed by atoms with Crippen LogP contribution in [0.3, 0.4) is 0 Å². The first kappa shape index (κ1) is 14.9. The molecule has 1 aromatic carbocycles. The molecule has 0 bridgehead atoms. The Bertz CT molecular complexity index is 473. The highest BCUT2D eigenvalue weighted by molar-refractivity contribution is 6.43. The standard InChI is InChI=1S/C9H6Cl3FN2O3/c10-5-3-7(12)8(4-6(5)11)18-9(16)15(14-17)2-1-13/h3-4H,1-2H2. The lowest BCUT2D eigenvalue weighted by Crippen LogP contribution is -2.30. The van der Waals surface area contributed by atoms with E-state index < -0.39 is 19.3 Å². The van der Waals surface area contributed by atoms with Crippen LogP contribution in [-0.4, -0.2) is 24.3 Å². The van der Waals surface area contributed by atoms with Crippen molar-refractivity contribution in [2.75, 3.05) is 13.2 Å². The molecule has 0 N–H and O–H groups in total. The summed E-state index contributed by atoms with van der Waals surface area (Å²) < 4.78 is 16.8. The van der Waals surface area contributed by atoms with Gasteiger partial charge in [0.2, 0.25) is 0 Å². The second-order valence-electron chi connectivity index (χ2n) is 2.96. The van der Waals surface area contributed by atoms with Gasteiger partial charge in [-0.3, -0.25) is 0 Å². The molecular weight excluding hydrogens is 309 g/mol. The predicted octanol–water partition coefficient (Wildman–Crippen LogP) is 4.10. The lowest BCUT2D eigenvalue weighted by Gasteiger charge is -2.12. The molecule has 0 spiro atoms. The Balaban J connectivity index is 2.87. The number of ether oxygens (including phenoxy) is 1. The van der Waals surface area contributed by atoms with Gasteiger partial charge in [0.25, 0.3) is 0 Å². The number of halogens is 4. The van der Waals surface area contributed by atoms with Crippen molar-refractivity contribution in [3.05, 3.63) is 32.1 Å². The Hall–Kier alpha value is -1.11. The quantitative estimate of drug-likeness (QED) is 0.477. The van der Waals surface area contributed by atoms with Crippen LogP contribution in [0.1, 0.15) is 0 Å². The van der Waals surface area contributed by atoms with Crippen LogP contribution in [0.15, 0.2) is 17.4 Å². The first-order valence-corrected chi connectivity index (χ1v) is 5.66. The van der Waals surface area contributed by atoms with E-state index in [4.69, 9.17) is 39.5 Å². The summed E-state index contributed by atoms with van der Waals surface area (Å²) in [6.07, 6.45) is -1.16. The van der Waals surface area contributed by atoms with Crippen molar-refractivity contribution in [2.45, 2.75) is 0 Å². The number of alkyl halides is 1. The van der Waals surface area contributed by atoms with Crippen molar-refractivity contribution < 1.29 is 13.9 Å². The minimum absolute atomic E-state index is 0.0175. The van der Waals surface area contributed by atoms with E-state index in [2.05, 4.69) is 5.29 Å². The highest BCUT2D eigenvalue weighted by atomic mass is 35.5. The second-order valence-corrected chi connectivity index (χ2v) is 4.18. The number of carbonyl (C=O) groups is 1. The largest absolute Gasteiger partial charge is 0.438 e. The van der Waals surface area contributed by atoms with E-state index >= 15 is 0 Å². The first-order chi connectivity index (χ1) is 8.49. The van der Waals surface area contributed by atoms with E-state index in [0.29, 0.717) is 0 Å². The maximum atomic E-state index is 12.0. The molecule has 0 heterocycles. The summed E-state index contributed by atoms with van der Waals surface area (Å²) in [7, 11) is 0. The van der Waals surface area contributed by atoms with Gasteiger partial charge in [0, 0.05) is 6.07 Å². The minimum atomic E-state index is -1.16. The molecule has 0 aliphatic heterocycles. The average Bonchev–Trinajstić information content (AvgIpc) is 2.32. The van der Waals surface area contributed by atoms with E-state index in [1.807, 2.05) is 0 Å². The van der Waals surface area contributed by atoms with Gasteiger partial charge < -0.3 is 4.74 Å². The molecule has 0 saturated carbocycles. The third-order valence-electron chi connectivity index (χ3n) is 1.78. The molecular formula is C9H6Cl3FN2O3. The van der Waals surface area contributed by atoms with Gasteiger partial charge in [0.05, 0.1) is 26.9 Å². The summed E-state index contributed by atoms with van der Waals surface area (Å²) in [6.45, 7) is -1.45. The van der Waals surface area contributed by atoms with Gasteiger partial charge in [-0.05, 0) is 6.07 Å². The van der Waals surface area contributed by atoms with Crippen molar-refractivity contribution in [3.8, 4) is 5.75 Å². The van der Waals surface area contributed by atoms with Gasteiger partial charge in [0.15, 0.2) is 5.75 Å². The monoisotopic (exact) mass is 314 g/mol. The van der Waals surface area contributed by atoms with Gasteiger partial charge in [0.1, 0.15) is 6.67 Å². The summed E-state index contributed by atoms with van der Waals surface area (Å²) in [4.78, 5) is 21.7. The minimum Gasteiger partial charge on any atom is -0.407 e. The fourth-order valence-corrected chi connectivity index (χ4v) is 1.55. The van der Waals surface area contributed by atoms with Crippen molar-refractivity contribution in [3.63, 3.8) is 0 Å². The Morgan fingerprint density at radius 1 is 1.28 bits per heavy atom. The third-order valence-corrected chi connectivity index (χ3v) is 2.80. The molecule has 0 saturated heterocycles. The van der Waals surface area contributed by atoms with Gasteiger partial charge >= 0.3 is 6.09 Å². The fourth-order valence-electron chi connectivity index (χ4n) is 0.975. The summed E-state index contributed by atoms with van der Waals surface area (Å²) in [5, 5.41) is 2.89. The number of benzene rings is 1. The Labute approximate surface area is 116 Å². The van der Waals surface area contributed by atoms with E-state index in [9.17, 15) is 14.1 Å². The van der Waals surface area contributed by atoms with Gasteiger partial charge in [-0.2, -0.15) is 5.01 Å². The van der Waals surface area contributed by atoms with Crippen molar-refractivity contribution >= 4 is 40.9 Å². The SMILES string of the molecule is O=NN(CCF)C(=O)Oc1cc(Cl)c(Cl)cc1Cl. The van der Waals surface area contributed by atoms with Crippen LogP contribution in [0.25, 0.3) is 0 Å². The van der Waals surface area contributed by atoms with Gasteiger partial charge in [-0.25, -0.2) is 9.18 Å². The summed E-state index contributed by atoms with van der Waals surface area (Å²) in [6, 6.07) is 2.46. The highest BCUT2D eigenvalue weighted by Gasteiger charge is 2.18. The molecule has 0 atom stereocenters. The molecule has 1 rings (SSSR count). The Kier molecular flexibility index (Phi) is 5.58. The molecule has 1 amide bonds. The van der Waals surface area contributed by atoms with Gasteiger partial charge in [-0.1, -0.05) is 34.8 Å². The summed E-state index contributed by atoms with van der Waals surface area (Å²) >= 11 is 17.1. The smallest absolute Gasteiger partial charge is 0.407 e. The lowest BCUT2D eigenvalue weighted by molar-refractivity contribution is 0.149. The zero-order valence-electron chi connectivity index (χ0n) is 8.70. The zero-order chi connectivity index (χ0) is 13.7. The number of hydrogen-bond donors (Lipinski definition) is 0. The fraction of sp³-hybridized carbons (Fsp3) is 0.222. The molecule has 0 aliphatic rings. The number of amides is 1. The van der Waals surface area contributed by atoms with E-state index in [1.54, 1.807) is 0 Å². The van der Waals surface area contributed by atoms with Crippen LogP contribution in [0, 0.1) is 4.91 Å². The zero-order valence-corrected chi connectivity index (χ0v) is 11.0. The molecule has 9 heteroatoms. The third kappa shape index (κ3) is 3.69. The molecule has 0 fully saturated rings. The van der Waals surface area contributed by atoms with Crippen molar-refractivity contribution in [1.82, 2.24) is 5.01 Å². The molecule has 0 unspecified atom stereocenters. The molecule has 98 valence electrons. The van der Waals surface area contributed by atoms with Crippen LogP contribution in [0.5, 0.6) is 5.75 Å². The van der Waals surface area contributed by atoms with Crippen LogP contribution in [-0.2, 0) is 0 Å². The Morgan fingerprint density at radius 3 is 2.44 bits per heavy atom. The molecule has 1 aromatic rings. The van der Waals surface area contributed by atoms with E-state index in [-0.39, 0.29) is 25.8 Å². The van der Waals surface area contributed by atoms with E-state index in [1.165, 1.54) is 12.1 Å². The molecule has 18 heavy (non-hydrogen) atoms. The number of nitroso groups, excluding NO2 is 1. The number of hydrogen-bond acceptors (Lipinski definition) is 4. The van der Waals surface area contributed by atoms with Crippen LogP contribution in [0.4, 0.5) is 9.18 Å². The topological polar surface area (TPSA) is 59.0 Å². The summed E-state index contributed by atoms with van der Waals surface area (Å²) in [5.74, 6) is -0.108. The van der Waals surface area contributed by atoms with Gasteiger partial charge in [-0.15, -0.1) is 4.91 Å². The maximum Gasteiger partial charge on any atom is 0.438 e. The van der Waals surface area contributed by atoms with Crippen LogP contribution >= 0.6 is 34.8 Å². The number of carbonyl (C=O) groups excluding carboxylic acids is 1. The second kappa shape index (κ2) is 6.72. The van der Waals surface area contributed by atoms with Crippen LogP contribution < -0.4 is 4.74 Å². The molecule has 5 nitrogen and oxygen atoms in total. The molecule has 0 aliphatic carbocycles. The van der Waals surface area contributed by atoms with Crippen LogP contribution in [0.2, 0.25) is 15.1 Å². The molecule has 0 aromatic heterocycles. The summed E-state index contributed by atoms with van der Waals surface area (Å²) in [5.41, 5.74) is 0. The lowest BCUT2D eigenvalue weighted by atomic mass is 10.3. The number of rotatable bonds is 4. The first-order valence-electron chi connectivity index (χ1n) is 4.52. The van der Waals surface area contributed by atoms with E-state index in [0.717, 1.165) is 0 Å². The normalized spacial score (nSPS) is 10.0. The Morgan fingerprint density at radius 2 is 1.89 bits per heavy atom.